The van der Waals surface area contributed by atoms with Gasteiger partial charge in [0.05, 0.1) is 0 Å². The molecule has 1 unspecified atom stereocenters. The third-order valence-electron chi connectivity index (χ3n) is 4.25. The number of carbonyl (C=O) groups excluding carboxylic acids is 1. The van der Waals surface area contributed by atoms with Crippen molar-refractivity contribution in [1.82, 2.24) is 15.5 Å². The fraction of sp³-hybridized carbons (Fsp3) is 0.938. The normalized spacial score (nSPS) is 17.5. The Hall–Kier alpha value is -0.0300. The largest absolute Gasteiger partial charge is 0.356 e. The van der Waals surface area contributed by atoms with Gasteiger partial charge in [-0.25, -0.2) is 0 Å². The van der Waals surface area contributed by atoms with Crippen molar-refractivity contribution in [3.63, 3.8) is 0 Å². The van der Waals surface area contributed by atoms with Gasteiger partial charge in [-0.3, -0.25) is 4.79 Å². The highest BCUT2D eigenvalue weighted by Gasteiger charge is 2.20. The summed E-state index contributed by atoms with van der Waals surface area (Å²) in [7, 11) is 1.89. The molecule has 0 spiro atoms. The maximum atomic E-state index is 11.9. The van der Waals surface area contributed by atoms with Crippen molar-refractivity contribution in [3.05, 3.63) is 0 Å². The summed E-state index contributed by atoms with van der Waals surface area (Å²) in [4.78, 5) is 14.4. The van der Waals surface area contributed by atoms with E-state index in [1.807, 2.05) is 14.0 Å². The standard InChI is InChI=1S/C16H33N3O.2ClH/c1-13(2)5-8-19-9-6-15(7-10-19)12-18-16(20)14(3)11-17-4;;/h13-15,17H,5-12H2,1-4H3,(H,18,20);2*1H. The van der Waals surface area contributed by atoms with E-state index in [-0.39, 0.29) is 36.6 Å². The lowest BCUT2D eigenvalue weighted by atomic mass is 9.96. The van der Waals surface area contributed by atoms with Crippen LogP contribution in [0.4, 0.5) is 0 Å². The van der Waals surface area contributed by atoms with Gasteiger partial charge in [-0.15, -0.1) is 24.8 Å². The Morgan fingerprint density at radius 3 is 2.27 bits per heavy atom. The van der Waals surface area contributed by atoms with Crippen molar-refractivity contribution < 1.29 is 4.79 Å². The van der Waals surface area contributed by atoms with Crippen molar-refractivity contribution in [3.8, 4) is 0 Å². The molecule has 1 aliphatic heterocycles. The van der Waals surface area contributed by atoms with Crippen molar-refractivity contribution in [2.24, 2.45) is 17.8 Å². The summed E-state index contributed by atoms with van der Waals surface area (Å²) in [6, 6.07) is 0. The molecule has 1 aliphatic rings. The molecule has 6 heteroatoms. The molecule has 0 aromatic heterocycles. The number of piperidine rings is 1. The van der Waals surface area contributed by atoms with Crippen LogP contribution in [0, 0.1) is 17.8 Å². The van der Waals surface area contributed by atoms with Gasteiger partial charge in [0.1, 0.15) is 0 Å². The summed E-state index contributed by atoms with van der Waals surface area (Å²) in [5.74, 6) is 1.70. The predicted octanol–water partition coefficient (Wildman–Crippen LogP) is 2.56. The highest BCUT2D eigenvalue weighted by molar-refractivity contribution is 5.85. The molecule has 1 amide bonds. The first-order valence-corrected chi connectivity index (χ1v) is 8.17. The Morgan fingerprint density at radius 2 is 1.77 bits per heavy atom. The van der Waals surface area contributed by atoms with Gasteiger partial charge in [-0.05, 0) is 57.8 Å². The van der Waals surface area contributed by atoms with E-state index >= 15 is 0 Å². The van der Waals surface area contributed by atoms with Crippen LogP contribution < -0.4 is 10.6 Å². The van der Waals surface area contributed by atoms with Gasteiger partial charge < -0.3 is 15.5 Å². The molecule has 0 saturated carbocycles. The predicted molar refractivity (Wildman–Crippen MR) is 99.2 cm³/mol. The van der Waals surface area contributed by atoms with Crippen LogP contribution in [0.5, 0.6) is 0 Å². The molecular formula is C16H35Cl2N3O. The summed E-state index contributed by atoms with van der Waals surface area (Å²) in [6.45, 7) is 11.8. The second kappa shape index (κ2) is 13.4. The molecule has 134 valence electrons. The molecule has 0 aliphatic carbocycles. The molecular weight excluding hydrogens is 321 g/mol. The molecule has 0 aromatic carbocycles. The first kappa shape index (κ1) is 24.2. The summed E-state index contributed by atoms with van der Waals surface area (Å²) in [6.07, 6.45) is 3.74. The average molecular weight is 356 g/mol. The quantitative estimate of drug-likeness (QED) is 0.703. The summed E-state index contributed by atoms with van der Waals surface area (Å²) >= 11 is 0. The average Bonchev–Trinajstić information content (AvgIpc) is 2.43. The van der Waals surface area contributed by atoms with Gasteiger partial charge >= 0.3 is 0 Å². The SMILES string of the molecule is CNCC(C)C(=O)NCC1CCN(CCC(C)C)CC1.Cl.Cl. The molecule has 1 rings (SSSR count). The Morgan fingerprint density at radius 1 is 1.18 bits per heavy atom. The Kier molecular flexibility index (Phi) is 14.8. The molecule has 4 nitrogen and oxygen atoms in total. The number of rotatable bonds is 8. The number of amides is 1. The second-order valence-corrected chi connectivity index (χ2v) is 6.67. The van der Waals surface area contributed by atoms with Gasteiger partial charge in [-0.2, -0.15) is 0 Å². The number of nitrogens with one attached hydrogen (secondary N) is 2. The Balaban J connectivity index is 0. The van der Waals surface area contributed by atoms with Gasteiger partial charge in [0.25, 0.3) is 0 Å². The zero-order chi connectivity index (χ0) is 15.0. The fourth-order valence-corrected chi connectivity index (χ4v) is 2.67. The van der Waals surface area contributed by atoms with Gasteiger partial charge in [0.2, 0.25) is 5.91 Å². The van der Waals surface area contributed by atoms with Crippen LogP contribution in [0.2, 0.25) is 0 Å². The minimum absolute atomic E-state index is 0. The molecule has 1 heterocycles. The topological polar surface area (TPSA) is 44.4 Å². The summed E-state index contributed by atoms with van der Waals surface area (Å²) in [5, 5.41) is 6.15. The van der Waals surface area contributed by atoms with Gasteiger partial charge in [0.15, 0.2) is 0 Å². The second-order valence-electron chi connectivity index (χ2n) is 6.67. The monoisotopic (exact) mass is 355 g/mol. The molecule has 22 heavy (non-hydrogen) atoms. The third kappa shape index (κ3) is 9.88. The lowest BCUT2D eigenvalue weighted by molar-refractivity contribution is -0.124. The van der Waals surface area contributed by atoms with E-state index in [0.29, 0.717) is 5.92 Å². The maximum Gasteiger partial charge on any atom is 0.224 e. The highest BCUT2D eigenvalue weighted by Crippen LogP contribution is 2.17. The van der Waals surface area contributed by atoms with Crippen LogP contribution in [0.1, 0.15) is 40.0 Å². The van der Waals surface area contributed by atoms with E-state index in [2.05, 4.69) is 29.4 Å². The first-order valence-electron chi connectivity index (χ1n) is 8.17. The minimum atomic E-state index is 0. The molecule has 1 fully saturated rings. The van der Waals surface area contributed by atoms with Gasteiger partial charge in [0, 0.05) is 19.0 Å². The summed E-state index contributed by atoms with van der Waals surface area (Å²) < 4.78 is 0. The smallest absolute Gasteiger partial charge is 0.224 e. The number of nitrogens with zero attached hydrogens (tertiary/aromatic N) is 1. The number of carbonyl (C=O) groups is 1. The van der Waals surface area contributed by atoms with E-state index in [1.54, 1.807) is 0 Å². The molecule has 2 N–H and O–H groups in total. The molecule has 0 radical (unpaired) electrons. The zero-order valence-corrected chi connectivity index (χ0v) is 16.2. The van der Waals surface area contributed by atoms with Crippen molar-refractivity contribution in [2.75, 3.05) is 39.8 Å². The Labute approximate surface area is 149 Å². The van der Waals surface area contributed by atoms with E-state index in [1.165, 1.54) is 38.9 Å². The molecule has 1 saturated heterocycles. The third-order valence-corrected chi connectivity index (χ3v) is 4.25. The van der Waals surface area contributed by atoms with E-state index in [0.717, 1.165) is 19.0 Å². The van der Waals surface area contributed by atoms with Crippen LogP contribution in [0.3, 0.4) is 0 Å². The van der Waals surface area contributed by atoms with Crippen molar-refractivity contribution in [2.45, 2.75) is 40.0 Å². The van der Waals surface area contributed by atoms with E-state index in [9.17, 15) is 4.79 Å². The van der Waals surface area contributed by atoms with Crippen LogP contribution >= 0.6 is 24.8 Å². The van der Waals surface area contributed by atoms with Crippen LogP contribution in [-0.2, 0) is 4.79 Å². The maximum absolute atomic E-state index is 11.9. The van der Waals surface area contributed by atoms with Crippen molar-refractivity contribution >= 4 is 30.7 Å². The summed E-state index contributed by atoms with van der Waals surface area (Å²) in [5.41, 5.74) is 0. The minimum Gasteiger partial charge on any atom is -0.356 e. The fourth-order valence-electron chi connectivity index (χ4n) is 2.67. The molecule has 0 bridgehead atoms. The van der Waals surface area contributed by atoms with Crippen molar-refractivity contribution in [1.29, 1.82) is 0 Å². The molecule has 0 aromatic rings. The van der Waals surface area contributed by atoms with Crippen LogP contribution in [-0.4, -0.2) is 50.6 Å². The number of hydrogen-bond donors (Lipinski definition) is 2. The van der Waals surface area contributed by atoms with Crippen LogP contribution in [0.15, 0.2) is 0 Å². The first-order chi connectivity index (χ1) is 9.52. The number of likely N-dealkylation sites (tertiary alicyclic amines) is 1. The lowest BCUT2D eigenvalue weighted by Crippen LogP contribution is -2.41. The number of halogens is 2. The molecule has 1 atom stereocenters. The Bertz CT molecular complexity index is 283. The highest BCUT2D eigenvalue weighted by atomic mass is 35.5. The van der Waals surface area contributed by atoms with E-state index in [4.69, 9.17) is 0 Å². The zero-order valence-electron chi connectivity index (χ0n) is 14.6. The van der Waals surface area contributed by atoms with Crippen LogP contribution in [0.25, 0.3) is 0 Å². The van der Waals surface area contributed by atoms with Gasteiger partial charge in [-0.1, -0.05) is 20.8 Å². The number of hydrogen-bond acceptors (Lipinski definition) is 3. The van der Waals surface area contributed by atoms with E-state index < -0.39 is 0 Å². The lowest BCUT2D eigenvalue weighted by Gasteiger charge is -2.32.